The first-order valence-corrected chi connectivity index (χ1v) is 20.6. The van der Waals surface area contributed by atoms with Gasteiger partial charge in [0.2, 0.25) is 0 Å². The van der Waals surface area contributed by atoms with E-state index in [-0.39, 0.29) is 49.1 Å². The van der Waals surface area contributed by atoms with Gasteiger partial charge in [-0.2, -0.15) is 0 Å². The molecular formula is C46H75NO7. The van der Waals surface area contributed by atoms with Crippen molar-refractivity contribution in [3.8, 4) is 0 Å². The van der Waals surface area contributed by atoms with Gasteiger partial charge in [-0.1, -0.05) is 118 Å². The Morgan fingerprint density at radius 3 is 1.48 bits per heavy atom. The zero-order valence-electron chi connectivity index (χ0n) is 34.6. The summed E-state index contributed by atoms with van der Waals surface area (Å²) in [6, 6.07) is -0.740. The van der Waals surface area contributed by atoms with Gasteiger partial charge in [0, 0.05) is 19.3 Å². The van der Waals surface area contributed by atoms with E-state index < -0.39 is 18.1 Å². The smallest absolute Gasteiger partial charge is 0.306 e. The molecule has 0 fully saturated rings. The van der Waals surface area contributed by atoms with Crippen LogP contribution >= 0.6 is 0 Å². The second-order valence-corrected chi connectivity index (χ2v) is 14.5. The van der Waals surface area contributed by atoms with Crippen molar-refractivity contribution in [3.63, 3.8) is 0 Å². The average molecular weight is 754 g/mol. The number of likely N-dealkylation sites (N-methyl/N-ethyl adjacent to an activating group) is 1. The Bertz CT molecular complexity index is 1160. The van der Waals surface area contributed by atoms with Crippen LogP contribution in [0.25, 0.3) is 0 Å². The monoisotopic (exact) mass is 754 g/mol. The molecule has 0 spiro atoms. The number of carboxylic acid groups (broad SMARTS) is 1. The fraction of sp³-hybridized carbons (Fsp3) is 0.630. The number of aliphatic carboxylic acids is 1. The van der Waals surface area contributed by atoms with Gasteiger partial charge in [-0.05, 0) is 83.5 Å². The molecule has 8 heteroatoms. The first-order chi connectivity index (χ1) is 26.1. The summed E-state index contributed by atoms with van der Waals surface area (Å²) in [5.41, 5.74) is 0. The molecule has 0 amide bonds. The van der Waals surface area contributed by atoms with E-state index in [0.717, 1.165) is 96.3 Å². The maximum absolute atomic E-state index is 12.7. The number of carboxylic acids is 1. The largest absolute Gasteiger partial charge is 0.544 e. The molecule has 0 aromatic heterocycles. The van der Waals surface area contributed by atoms with Gasteiger partial charge in [0.05, 0.1) is 40.3 Å². The molecule has 0 aliphatic rings. The molecule has 0 N–H and O–H groups in total. The van der Waals surface area contributed by atoms with E-state index in [1.807, 2.05) is 0 Å². The molecule has 0 aliphatic carbocycles. The third-order valence-electron chi connectivity index (χ3n) is 8.53. The van der Waals surface area contributed by atoms with Gasteiger partial charge < -0.3 is 28.6 Å². The lowest BCUT2D eigenvalue weighted by molar-refractivity contribution is -0.889. The van der Waals surface area contributed by atoms with E-state index >= 15 is 0 Å². The third kappa shape index (κ3) is 34.3. The molecule has 0 heterocycles. The molecule has 2 unspecified atom stereocenters. The number of allylic oxidation sites excluding steroid dienone is 14. The van der Waals surface area contributed by atoms with Crippen LogP contribution in [-0.4, -0.2) is 75.5 Å². The Kier molecular flexibility index (Phi) is 34.1. The van der Waals surface area contributed by atoms with Crippen molar-refractivity contribution in [2.24, 2.45) is 0 Å². The van der Waals surface area contributed by atoms with Crippen molar-refractivity contribution in [1.29, 1.82) is 0 Å². The highest BCUT2D eigenvalue weighted by atomic mass is 16.6. The number of hydrogen-bond acceptors (Lipinski definition) is 7. The minimum absolute atomic E-state index is 0.0128. The maximum Gasteiger partial charge on any atom is 0.306 e. The van der Waals surface area contributed by atoms with Crippen molar-refractivity contribution in [2.45, 2.75) is 148 Å². The second-order valence-electron chi connectivity index (χ2n) is 14.5. The molecule has 54 heavy (non-hydrogen) atoms. The number of ether oxygens (including phenoxy) is 3. The number of esters is 2. The summed E-state index contributed by atoms with van der Waals surface area (Å²) in [5, 5.41) is 11.6. The minimum atomic E-state index is -1.14. The lowest BCUT2D eigenvalue weighted by Crippen LogP contribution is -2.55. The lowest BCUT2D eigenvalue weighted by Gasteiger charge is -2.34. The van der Waals surface area contributed by atoms with Crippen LogP contribution in [0.3, 0.4) is 0 Å². The first-order valence-electron chi connectivity index (χ1n) is 20.6. The van der Waals surface area contributed by atoms with Gasteiger partial charge in [-0.3, -0.25) is 9.59 Å². The van der Waals surface area contributed by atoms with Crippen LogP contribution in [0.5, 0.6) is 0 Å². The van der Waals surface area contributed by atoms with Crippen LogP contribution in [0.15, 0.2) is 85.1 Å². The minimum Gasteiger partial charge on any atom is -0.544 e. The fourth-order valence-corrected chi connectivity index (χ4v) is 5.37. The Labute approximate surface area is 329 Å². The standard InChI is InChI=1S/C46H75NO7/c1-6-8-10-12-14-16-18-20-22-24-26-28-30-32-34-36-44(48)53-41-42(40-52-39-38-43(46(50)51)47(3,4)5)54-45(49)37-35-33-31-29-27-25-23-21-19-17-15-13-11-9-7-2/h8-11,14-17,20-23,27,29,42-43H,6-7,12-13,18-19,24-26,28,30-41H2,1-5H3/b10-8-,11-9-,16-14-,17-15-,22-20-,23-21-,29-27-. The van der Waals surface area contributed by atoms with E-state index in [1.165, 1.54) is 0 Å². The van der Waals surface area contributed by atoms with Crippen LogP contribution in [0, 0.1) is 0 Å². The lowest BCUT2D eigenvalue weighted by atomic mass is 10.1. The van der Waals surface area contributed by atoms with E-state index in [1.54, 1.807) is 21.1 Å². The number of nitrogens with zero attached hydrogens (tertiary/aromatic N) is 1. The van der Waals surface area contributed by atoms with Crippen molar-refractivity contribution in [2.75, 3.05) is 41.0 Å². The van der Waals surface area contributed by atoms with E-state index in [2.05, 4.69) is 98.9 Å². The summed E-state index contributed by atoms with van der Waals surface area (Å²) in [7, 11) is 5.37. The normalized spacial score (nSPS) is 13.9. The molecule has 0 aliphatic heterocycles. The van der Waals surface area contributed by atoms with Gasteiger partial charge in [0.1, 0.15) is 12.6 Å². The number of unbranched alkanes of at least 4 members (excludes halogenated alkanes) is 7. The topological polar surface area (TPSA) is 102 Å². The number of quaternary nitrogens is 1. The van der Waals surface area contributed by atoms with Crippen LogP contribution in [-0.2, 0) is 28.6 Å². The number of rotatable bonds is 35. The van der Waals surface area contributed by atoms with Crippen molar-refractivity contribution in [3.05, 3.63) is 85.1 Å². The Morgan fingerprint density at radius 1 is 0.556 bits per heavy atom. The highest BCUT2D eigenvalue weighted by molar-refractivity contribution is 5.70. The molecule has 0 aromatic rings. The Morgan fingerprint density at radius 2 is 0.981 bits per heavy atom. The van der Waals surface area contributed by atoms with Gasteiger partial charge in [-0.25, -0.2) is 0 Å². The van der Waals surface area contributed by atoms with Crippen LogP contribution in [0.2, 0.25) is 0 Å². The molecule has 0 bridgehead atoms. The molecule has 2 atom stereocenters. The first kappa shape index (κ1) is 50.5. The zero-order valence-corrected chi connectivity index (χ0v) is 34.6. The summed E-state index contributed by atoms with van der Waals surface area (Å²) in [4.78, 5) is 36.8. The molecule has 8 nitrogen and oxygen atoms in total. The van der Waals surface area contributed by atoms with E-state index in [4.69, 9.17) is 14.2 Å². The molecular weight excluding hydrogens is 679 g/mol. The van der Waals surface area contributed by atoms with Gasteiger partial charge in [-0.15, -0.1) is 0 Å². The Hall–Kier alpha value is -3.49. The summed E-state index contributed by atoms with van der Waals surface area (Å²) in [6.45, 7) is 4.34. The summed E-state index contributed by atoms with van der Waals surface area (Å²) < 4.78 is 17.1. The number of carbonyl (C=O) groups is 3. The fourth-order valence-electron chi connectivity index (χ4n) is 5.37. The third-order valence-corrected chi connectivity index (χ3v) is 8.53. The average Bonchev–Trinajstić information content (AvgIpc) is 3.12. The predicted octanol–water partition coefficient (Wildman–Crippen LogP) is 9.63. The van der Waals surface area contributed by atoms with Crippen molar-refractivity contribution < 1.29 is 38.2 Å². The SMILES string of the molecule is CC/C=C\C/C=C\C/C=C\C/C=C\CCCCC(=O)OC(COCCC(C(=O)[O-])[N+](C)(C)C)COC(=O)CCCCCCC/C=C\C/C=C\C/C=C\CC. The summed E-state index contributed by atoms with van der Waals surface area (Å²) in [6.07, 6.45) is 46.1. The quantitative estimate of drug-likeness (QED) is 0.0275. The van der Waals surface area contributed by atoms with E-state index in [0.29, 0.717) is 12.8 Å². The van der Waals surface area contributed by atoms with Gasteiger partial charge in [0.25, 0.3) is 0 Å². The highest BCUT2D eigenvalue weighted by Gasteiger charge is 2.25. The number of carbonyl (C=O) groups excluding carboxylic acids is 3. The van der Waals surface area contributed by atoms with Crippen molar-refractivity contribution >= 4 is 17.9 Å². The van der Waals surface area contributed by atoms with Gasteiger partial charge in [0.15, 0.2) is 6.10 Å². The molecule has 306 valence electrons. The summed E-state index contributed by atoms with van der Waals surface area (Å²) >= 11 is 0. The molecule has 0 rings (SSSR count). The molecule has 0 aromatic carbocycles. The van der Waals surface area contributed by atoms with Crippen LogP contribution in [0.1, 0.15) is 136 Å². The molecule has 0 saturated heterocycles. The molecule has 0 saturated carbocycles. The van der Waals surface area contributed by atoms with Crippen molar-refractivity contribution in [1.82, 2.24) is 0 Å². The van der Waals surface area contributed by atoms with E-state index in [9.17, 15) is 19.5 Å². The molecule has 0 radical (unpaired) electrons. The van der Waals surface area contributed by atoms with Crippen LogP contribution < -0.4 is 5.11 Å². The highest BCUT2D eigenvalue weighted by Crippen LogP contribution is 2.11. The number of hydrogen-bond donors (Lipinski definition) is 0. The second kappa shape index (κ2) is 36.5. The summed E-state index contributed by atoms with van der Waals surface area (Å²) in [5.74, 6) is -1.83. The predicted molar refractivity (Wildman–Crippen MR) is 222 cm³/mol. The zero-order chi connectivity index (χ0) is 40.0. The van der Waals surface area contributed by atoms with Crippen LogP contribution in [0.4, 0.5) is 0 Å². The Balaban J connectivity index is 4.50. The van der Waals surface area contributed by atoms with Gasteiger partial charge >= 0.3 is 11.9 Å². The maximum atomic E-state index is 12.7.